The largest absolute Gasteiger partial charge is 0.480 e. The van der Waals surface area contributed by atoms with Crippen LogP contribution in [0.2, 0.25) is 10.0 Å². The molecule has 4 rings (SSSR count). The summed E-state index contributed by atoms with van der Waals surface area (Å²) in [6.45, 7) is 3.14. The Hall–Kier alpha value is -4.54. The van der Waals surface area contributed by atoms with Crippen LogP contribution < -0.4 is 16.0 Å². The average Bonchev–Trinajstić information content (AvgIpc) is 3.49. The number of nitrogens with one attached hydrogen (secondary N) is 3. The molecular formula is C29H31Cl2N7O8. The molecule has 15 nitrogen and oxygen atoms in total. The van der Waals surface area contributed by atoms with Gasteiger partial charge in [0.1, 0.15) is 23.7 Å². The molecule has 0 bridgehead atoms. The summed E-state index contributed by atoms with van der Waals surface area (Å²) in [5.41, 5.74) is 1.25. The van der Waals surface area contributed by atoms with Gasteiger partial charge in [0, 0.05) is 29.5 Å². The first-order valence-electron chi connectivity index (χ1n) is 13.9. The first kappa shape index (κ1) is 34.3. The Balaban J connectivity index is 1.44. The highest BCUT2D eigenvalue weighted by Crippen LogP contribution is 2.33. The van der Waals surface area contributed by atoms with Gasteiger partial charge in [0.25, 0.3) is 0 Å². The molecule has 4 aromatic rings. The SMILES string of the molecule is Cc1nc(NCCOCCOCCOCC(=O)O)c(NCc2ncc(-c3cc(Cl)ccc3Cl)o2)c(Nc2ccncc2C(=O)O)n1. The number of nitrogens with zero attached hydrogens (tertiary/aromatic N) is 4. The highest BCUT2D eigenvalue weighted by atomic mass is 35.5. The van der Waals surface area contributed by atoms with Crippen molar-refractivity contribution in [1.29, 1.82) is 0 Å². The maximum atomic E-state index is 11.8. The van der Waals surface area contributed by atoms with Crippen molar-refractivity contribution in [3.63, 3.8) is 0 Å². The van der Waals surface area contributed by atoms with E-state index in [1.807, 2.05) is 0 Å². The van der Waals surface area contributed by atoms with Crippen molar-refractivity contribution < 1.29 is 38.4 Å². The van der Waals surface area contributed by atoms with Gasteiger partial charge in [0.05, 0.1) is 56.5 Å². The lowest BCUT2D eigenvalue weighted by atomic mass is 10.2. The van der Waals surface area contributed by atoms with Crippen molar-refractivity contribution in [2.45, 2.75) is 13.5 Å². The number of pyridine rings is 1. The van der Waals surface area contributed by atoms with E-state index in [0.29, 0.717) is 76.8 Å². The molecule has 0 amide bonds. The van der Waals surface area contributed by atoms with Gasteiger partial charge in [0.15, 0.2) is 17.4 Å². The Morgan fingerprint density at radius 3 is 2.43 bits per heavy atom. The number of carbonyl (C=O) groups is 2. The Kier molecular flexibility index (Phi) is 12.9. The number of ether oxygens (including phenoxy) is 3. The third-order valence-corrected chi connectivity index (χ3v) is 6.56. The summed E-state index contributed by atoms with van der Waals surface area (Å²) in [5, 5.41) is 28.7. The number of benzene rings is 1. The molecular weight excluding hydrogens is 645 g/mol. The highest BCUT2D eigenvalue weighted by molar-refractivity contribution is 6.35. The number of carboxylic acids is 2. The van der Waals surface area contributed by atoms with Gasteiger partial charge >= 0.3 is 11.9 Å². The van der Waals surface area contributed by atoms with E-state index >= 15 is 0 Å². The van der Waals surface area contributed by atoms with Crippen LogP contribution in [0.1, 0.15) is 22.1 Å². The molecule has 0 spiro atoms. The summed E-state index contributed by atoms with van der Waals surface area (Å²) in [6.07, 6.45) is 4.25. The normalized spacial score (nSPS) is 10.9. The predicted molar refractivity (Wildman–Crippen MR) is 169 cm³/mol. The quantitative estimate of drug-likeness (QED) is 0.0851. The van der Waals surface area contributed by atoms with Crippen LogP contribution in [0.5, 0.6) is 0 Å². The molecule has 0 unspecified atom stereocenters. The smallest absolute Gasteiger partial charge is 0.339 e. The Labute approximate surface area is 273 Å². The topological polar surface area (TPSA) is 203 Å². The number of oxazole rings is 1. The number of aliphatic carboxylic acids is 1. The lowest BCUT2D eigenvalue weighted by molar-refractivity contribution is -0.142. The van der Waals surface area contributed by atoms with E-state index in [2.05, 4.69) is 35.9 Å². The van der Waals surface area contributed by atoms with Gasteiger partial charge in [-0.2, -0.15) is 0 Å². The van der Waals surface area contributed by atoms with Crippen molar-refractivity contribution in [2.24, 2.45) is 0 Å². The molecule has 17 heteroatoms. The Morgan fingerprint density at radius 2 is 1.67 bits per heavy atom. The predicted octanol–water partition coefficient (Wildman–Crippen LogP) is 4.74. The van der Waals surface area contributed by atoms with Crippen LogP contribution in [0.25, 0.3) is 11.3 Å². The maximum Gasteiger partial charge on any atom is 0.339 e. The fourth-order valence-corrected chi connectivity index (χ4v) is 4.35. The molecule has 3 aromatic heterocycles. The summed E-state index contributed by atoms with van der Waals surface area (Å²) >= 11 is 12.5. The van der Waals surface area contributed by atoms with E-state index in [1.165, 1.54) is 18.5 Å². The molecule has 0 fully saturated rings. The summed E-state index contributed by atoms with van der Waals surface area (Å²) in [6, 6.07) is 6.55. The Bertz CT molecular complexity index is 1640. The van der Waals surface area contributed by atoms with E-state index in [-0.39, 0.29) is 37.6 Å². The van der Waals surface area contributed by atoms with Crippen LogP contribution in [0.4, 0.5) is 23.0 Å². The van der Waals surface area contributed by atoms with Crippen LogP contribution in [0, 0.1) is 6.92 Å². The fourth-order valence-electron chi connectivity index (χ4n) is 3.97. The van der Waals surface area contributed by atoms with Crippen LogP contribution in [0.3, 0.4) is 0 Å². The van der Waals surface area contributed by atoms with Crippen LogP contribution in [-0.4, -0.2) is 88.3 Å². The molecule has 0 aliphatic rings. The number of carboxylic acid groups (broad SMARTS) is 2. The number of aromatic nitrogens is 4. The van der Waals surface area contributed by atoms with E-state index in [1.54, 1.807) is 31.3 Å². The van der Waals surface area contributed by atoms with Crippen molar-refractivity contribution in [3.05, 3.63) is 70.2 Å². The summed E-state index contributed by atoms with van der Waals surface area (Å²) in [5.74, 6) is -0.309. The van der Waals surface area contributed by atoms with E-state index in [9.17, 15) is 14.7 Å². The molecule has 5 N–H and O–H groups in total. The molecule has 0 saturated heterocycles. The molecule has 0 radical (unpaired) electrons. The van der Waals surface area contributed by atoms with Gasteiger partial charge in [0.2, 0.25) is 5.89 Å². The van der Waals surface area contributed by atoms with E-state index in [4.69, 9.17) is 46.9 Å². The zero-order chi connectivity index (χ0) is 32.9. The Morgan fingerprint density at radius 1 is 0.935 bits per heavy atom. The second-order valence-electron chi connectivity index (χ2n) is 9.39. The second-order valence-corrected chi connectivity index (χ2v) is 10.2. The van der Waals surface area contributed by atoms with Gasteiger partial charge in [-0.25, -0.2) is 24.5 Å². The summed E-state index contributed by atoms with van der Waals surface area (Å²) in [4.78, 5) is 39.6. The molecule has 0 aliphatic carbocycles. The third-order valence-electron chi connectivity index (χ3n) is 6.00. The van der Waals surface area contributed by atoms with Crippen molar-refractivity contribution in [1.82, 2.24) is 19.9 Å². The number of hydrogen-bond donors (Lipinski definition) is 5. The third kappa shape index (κ3) is 10.3. The summed E-state index contributed by atoms with van der Waals surface area (Å²) < 4.78 is 21.8. The van der Waals surface area contributed by atoms with Crippen LogP contribution in [0.15, 0.2) is 47.3 Å². The van der Waals surface area contributed by atoms with Crippen LogP contribution in [-0.2, 0) is 25.5 Å². The van der Waals surface area contributed by atoms with Gasteiger partial charge < -0.3 is 44.8 Å². The molecule has 46 heavy (non-hydrogen) atoms. The average molecular weight is 677 g/mol. The van der Waals surface area contributed by atoms with Gasteiger partial charge in [-0.05, 0) is 31.2 Å². The first-order chi connectivity index (χ1) is 22.2. The zero-order valence-electron chi connectivity index (χ0n) is 24.6. The molecule has 1 aromatic carbocycles. The number of rotatable bonds is 19. The van der Waals surface area contributed by atoms with Crippen molar-refractivity contribution in [2.75, 3.05) is 62.1 Å². The van der Waals surface area contributed by atoms with Gasteiger partial charge in [-0.1, -0.05) is 23.2 Å². The van der Waals surface area contributed by atoms with Gasteiger partial charge in [-0.15, -0.1) is 0 Å². The van der Waals surface area contributed by atoms with E-state index in [0.717, 1.165) is 0 Å². The minimum atomic E-state index is -1.16. The molecule has 0 saturated carbocycles. The minimum Gasteiger partial charge on any atom is -0.480 e. The number of halogens is 2. The van der Waals surface area contributed by atoms with E-state index < -0.39 is 11.9 Å². The number of hydrogen-bond acceptors (Lipinski definition) is 13. The standard InChI is InChI=1S/C29H31Cl2N7O8/c1-17-36-27(33-6-7-43-8-9-44-10-11-45-16-25(39)40)26(28(37-17)38-22-4-5-32-13-20(22)29(41)42)35-15-24-34-14-23(46-24)19-12-18(30)2-3-21(19)31/h2-5,12-14,35H,6-11,15-16H2,1H3,(H,39,40)(H,41,42)(H2,32,33,36,37,38). The summed E-state index contributed by atoms with van der Waals surface area (Å²) in [7, 11) is 0. The van der Waals surface area contributed by atoms with Crippen molar-refractivity contribution >= 4 is 58.2 Å². The number of aromatic carboxylic acids is 1. The number of aryl methyl sites for hydroxylation is 1. The minimum absolute atomic E-state index is 0.0426. The molecule has 0 atom stereocenters. The van der Waals surface area contributed by atoms with Gasteiger partial charge in [-0.3, -0.25) is 4.98 Å². The first-order valence-corrected chi connectivity index (χ1v) is 14.6. The van der Waals surface area contributed by atoms with Crippen LogP contribution >= 0.6 is 23.2 Å². The lowest BCUT2D eigenvalue weighted by Crippen LogP contribution is -2.17. The second kappa shape index (κ2) is 17.2. The highest BCUT2D eigenvalue weighted by Gasteiger charge is 2.18. The lowest BCUT2D eigenvalue weighted by Gasteiger charge is -2.18. The zero-order valence-corrected chi connectivity index (χ0v) is 26.1. The molecule has 3 heterocycles. The number of anilines is 4. The van der Waals surface area contributed by atoms with Crippen molar-refractivity contribution in [3.8, 4) is 11.3 Å². The molecule has 0 aliphatic heterocycles. The fraction of sp³-hybridized carbons (Fsp3) is 0.310. The maximum absolute atomic E-state index is 11.8. The monoisotopic (exact) mass is 675 g/mol. The molecule has 244 valence electrons.